The van der Waals surface area contributed by atoms with Crippen LogP contribution >= 0.6 is 0 Å². The van der Waals surface area contributed by atoms with Crippen molar-refractivity contribution in [1.29, 1.82) is 0 Å². The van der Waals surface area contributed by atoms with Gasteiger partial charge in [0.2, 0.25) is 0 Å². The number of carboxylic acid groups (broad SMARTS) is 1. The number of carboxylic acids is 1. The molecule has 21 heavy (non-hydrogen) atoms. The van der Waals surface area contributed by atoms with Crippen LogP contribution in [0.3, 0.4) is 0 Å². The van der Waals surface area contributed by atoms with Crippen molar-refractivity contribution >= 4 is 27.6 Å². The van der Waals surface area contributed by atoms with Crippen LogP contribution in [0.2, 0.25) is 0 Å². The van der Waals surface area contributed by atoms with E-state index in [1.165, 1.54) is 18.2 Å². The minimum atomic E-state index is -3.03. The van der Waals surface area contributed by atoms with Crippen LogP contribution in [-0.2, 0) is 14.6 Å². The van der Waals surface area contributed by atoms with Gasteiger partial charge in [-0.25, -0.2) is 17.6 Å². The smallest absolute Gasteiger partial charge is 0.328 e. The highest BCUT2D eigenvalue weighted by Gasteiger charge is 2.31. The monoisotopic (exact) mass is 313 g/mol. The quantitative estimate of drug-likeness (QED) is 0.854. The van der Waals surface area contributed by atoms with Crippen molar-refractivity contribution in [1.82, 2.24) is 0 Å². The van der Waals surface area contributed by atoms with Gasteiger partial charge in [-0.1, -0.05) is 6.07 Å². The predicted octanol–water partition coefficient (Wildman–Crippen LogP) is 1.55. The molecule has 5 nitrogen and oxygen atoms in total. The number of benzene rings is 1. The van der Waals surface area contributed by atoms with Gasteiger partial charge < -0.3 is 10.0 Å². The second-order valence-corrected chi connectivity index (χ2v) is 7.28. The van der Waals surface area contributed by atoms with E-state index in [2.05, 4.69) is 0 Å². The number of rotatable bonds is 4. The zero-order valence-electron chi connectivity index (χ0n) is 11.5. The zero-order valence-corrected chi connectivity index (χ0v) is 12.3. The number of carbonyl (C=O) groups is 1. The molecule has 0 saturated carbocycles. The van der Waals surface area contributed by atoms with Gasteiger partial charge >= 0.3 is 5.97 Å². The van der Waals surface area contributed by atoms with Gasteiger partial charge in [-0.2, -0.15) is 0 Å². The minimum absolute atomic E-state index is 0.0314. The van der Waals surface area contributed by atoms with Gasteiger partial charge in [0.05, 0.1) is 17.2 Å². The van der Waals surface area contributed by atoms with E-state index in [1.807, 2.05) is 0 Å². The highest BCUT2D eigenvalue weighted by Crippen LogP contribution is 2.26. The number of anilines is 1. The van der Waals surface area contributed by atoms with Crippen LogP contribution in [-0.4, -0.2) is 44.1 Å². The van der Waals surface area contributed by atoms with Crippen molar-refractivity contribution in [2.45, 2.75) is 12.5 Å². The van der Waals surface area contributed by atoms with Crippen LogP contribution in [0.1, 0.15) is 12.0 Å². The van der Waals surface area contributed by atoms with Crippen molar-refractivity contribution in [2.24, 2.45) is 0 Å². The average molecular weight is 313 g/mol. The van der Waals surface area contributed by atoms with E-state index in [1.54, 1.807) is 18.0 Å². The maximum Gasteiger partial charge on any atom is 0.328 e. The summed E-state index contributed by atoms with van der Waals surface area (Å²) in [6, 6.07) is 4.12. The van der Waals surface area contributed by atoms with Crippen LogP contribution in [0.4, 0.5) is 10.1 Å². The Morgan fingerprint density at radius 2 is 2.19 bits per heavy atom. The van der Waals surface area contributed by atoms with Gasteiger partial charge in [-0.3, -0.25) is 0 Å². The molecule has 1 aromatic rings. The molecule has 7 heteroatoms. The molecule has 0 amide bonds. The molecule has 0 aliphatic carbocycles. The maximum atomic E-state index is 14.1. The molecular weight excluding hydrogens is 297 g/mol. The highest BCUT2D eigenvalue weighted by molar-refractivity contribution is 7.91. The van der Waals surface area contributed by atoms with Crippen molar-refractivity contribution in [3.8, 4) is 0 Å². The first-order chi connectivity index (χ1) is 9.78. The molecule has 0 spiro atoms. The Labute approximate surface area is 122 Å². The van der Waals surface area contributed by atoms with E-state index < -0.39 is 21.6 Å². The van der Waals surface area contributed by atoms with Crippen LogP contribution in [0, 0.1) is 5.82 Å². The first kappa shape index (κ1) is 15.5. The Balaban J connectivity index is 2.19. The predicted molar refractivity (Wildman–Crippen MR) is 78.5 cm³/mol. The van der Waals surface area contributed by atoms with E-state index in [4.69, 9.17) is 5.11 Å². The third kappa shape index (κ3) is 3.81. The van der Waals surface area contributed by atoms with Crippen LogP contribution in [0.15, 0.2) is 24.3 Å². The van der Waals surface area contributed by atoms with E-state index in [0.29, 0.717) is 17.7 Å². The number of aliphatic carboxylic acids is 1. The summed E-state index contributed by atoms with van der Waals surface area (Å²) >= 11 is 0. The fourth-order valence-corrected chi connectivity index (χ4v) is 4.13. The molecule has 0 aromatic heterocycles. The molecule has 1 aromatic carbocycles. The lowest BCUT2D eigenvalue weighted by Gasteiger charge is -2.26. The summed E-state index contributed by atoms with van der Waals surface area (Å²) in [5, 5.41) is 8.53. The van der Waals surface area contributed by atoms with E-state index in [0.717, 1.165) is 6.08 Å². The molecule has 1 aliphatic heterocycles. The van der Waals surface area contributed by atoms with E-state index >= 15 is 0 Å². The maximum absolute atomic E-state index is 14.1. The Morgan fingerprint density at radius 3 is 2.71 bits per heavy atom. The summed E-state index contributed by atoms with van der Waals surface area (Å²) in [4.78, 5) is 12.1. The molecule has 1 atom stereocenters. The lowest BCUT2D eigenvalue weighted by molar-refractivity contribution is -0.131. The average Bonchev–Trinajstić information content (AvgIpc) is 2.76. The molecule has 1 fully saturated rings. The number of sulfone groups is 1. The van der Waals surface area contributed by atoms with Crippen molar-refractivity contribution in [3.63, 3.8) is 0 Å². The SMILES string of the molecule is CN(c1ccc(/C=C/C(=O)O)cc1F)C1CCS(=O)(=O)C1. The van der Waals surface area contributed by atoms with Gasteiger partial charge in [0.25, 0.3) is 0 Å². The lowest BCUT2D eigenvalue weighted by atomic mass is 10.1. The molecule has 1 N–H and O–H groups in total. The molecule has 0 bridgehead atoms. The third-order valence-electron chi connectivity index (χ3n) is 3.53. The first-order valence-corrected chi connectivity index (χ1v) is 8.24. The number of halogens is 1. The molecule has 2 rings (SSSR count). The molecule has 114 valence electrons. The highest BCUT2D eigenvalue weighted by atomic mass is 32.2. The summed E-state index contributed by atoms with van der Waals surface area (Å²) in [5.41, 5.74) is 0.746. The largest absolute Gasteiger partial charge is 0.478 e. The Bertz CT molecular complexity index is 684. The minimum Gasteiger partial charge on any atom is -0.478 e. The fourth-order valence-electron chi connectivity index (χ4n) is 2.36. The molecule has 0 radical (unpaired) electrons. The van der Waals surface area contributed by atoms with Crippen molar-refractivity contribution in [2.75, 3.05) is 23.5 Å². The topological polar surface area (TPSA) is 74.7 Å². The second kappa shape index (κ2) is 5.85. The van der Waals surface area contributed by atoms with E-state index in [-0.39, 0.29) is 17.5 Å². The molecule has 1 aliphatic rings. The van der Waals surface area contributed by atoms with Gasteiger partial charge in [0.1, 0.15) is 5.82 Å². The third-order valence-corrected chi connectivity index (χ3v) is 5.28. The normalized spacial score (nSPS) is 20.8. The fraction of sp³-hybridized carbons (Fsp3) is 0.357. The zero-order chi connectivity index (χ0) is 15.6. The molecular formula is C14H16FNO4S. The van der Waals surface area contributed by atoms with Gasteiger partial charge in [0, 0.05) is 19.2 Å². The molecule has 1 heterocycles. The summed E-state index contributed by atoms with van der Waals surface area (Å²) in [6.45, 7) is 0. The van der Waals surface area contributed by atoms with Crippen LogP contribution in [0.25, 0.3) is 6.08 Å². The first-order valence-electron chi connectivity index (χ1n) is 6.42. The summed E-state index contributed by atoms with van der Waals surface area (Å²) in [6.07, 6.45) is 2.72. The standard InChI is InChI=1S/C14H16FNO4S/c1-16(11-6-7-21(19,20)9-11)13-4-2-10(8-12(13)15)3-5-14(17)18/h2-5,8,11H,6-7,9H2,1H3,(H,17,18)/b5-3+. The van der Waals surface area contributed by atoms with Crippen LogP contribution in [0.5, 0.6) is 0 Å². The Hall–Kier alpha value is -1.89. The lowest BCUT2D eigenvalue weighted by Crippen LogP contribution is -2.33. The van der Waals surface area contributed by atoms with Crippen molar-refractivity contribution in [3.05, 3.63) is 35.7 Å². The Morgan fingerprint density at radius 1 is 1.48 bits per heavy atom. The van der Waals surface area contributed by atoms with E-state index in [9.17, 15) is 17.6 Å². The van der Waals surface area contributed by atoms with Crippen LogP contribution < -0.4 is 4.90 Å². The Kier molecular flexibility index (Phi) is 4.32. The summed E-state index contributed by atoms with van der Waals surface area (Å²) < 4.78 is 37.1. The molecule has 1 saturated heterocycles. The van der Waals surface area contributed by atoms with Gasteiger partial charge in [0.15, 0.2) is 9.84 Å². The van der Waals surface area contributed by atoms with Crippen molar-refractivity contribution < 1.29 is 22.7 Å². The second-order valence-electron chi connectivity index (χ2n) is 5.05. The van der Waals surface area contributed by atoms with Gasteiger partial charge in [-0.05, 0) is 30.2 Å². The summed E-state index contributed by atoms with van der Waals surface area (Å²) in [7, 11) is -1.36. The number of hydrogen-bond donors (Lipinski definition) is 1. The number of hydrogen-bond acceptors (Lipinski definition) is 4. The molecule has 1 unspecified atom stereocenters. The number of nitrogens with zero attached hydrogens (tertiary/aromatic N) is 1. The van der Waals surface area contributed by atoms with Gasteiger partial charge in [-0.15, -0.1) is 0 Å². The summed E-state index contributed by atoms with van der Waals surface area (Å²) in [5.74, 6) is -1.45.